The highest BCUT2D eigenvalue weighted by Crippen LogP contribution is 2.22. The second kappa shape index (κ2) is 7.24. The molecular weight excluding hydrogens is 286 g/mol. The molecule has 1 N–H and O–H groups in total. The Hall–Kier alpha value is -1.14. The average molecular weight is 302 g/mol. The number of anilines is 1. The normalized spacial score (nSPS) is 10.1. The van der Waals surface area contributed by atoms with Crippen molar-refractivity contribution in [1.82, 2.24) is 10.3 Å². The number of hydrogen-bond acceptors (Lipinski definition) is 4. The molecular formula is C11H16BrN3O2. The fraction of sp³-hybridized carbons (Fsp3) is 0.455. The molecule has 0 radical (unpaired) electrons. The summed E-state index contributed by atoms with van der Waals surface area (Å²) in [5.41, 5.74) is 0.932. The molecule has 6 heteroatoms. The number of ether oxygens (including phenoxy) is 1. The van der Waals surface area contributed by atoms with E-state index in [-0.39, 0.29) is 5.91 Å². The van der Waals surface area contributed by atoms with Crippen LogP contribution < -0.4 is 10.2 Å². The molecule has 94 valence electrons. The van der Waals surface area contributed by atoms with E-state index in [0.717, 1.165) is 10.2 Å². The Morgan fingerprint density at radius 1 is 1.65 bits per heavy atom. The lowest BCUT2D eigenvalue weighted by Gasteiger charge is -2.19. The van der Waals surface area contributed by atoms with Crippen LogP contribution in [0.25, 0.3) is 0 Å². The molecule has 17 heavy (non-hydrogen) atoms. The third kappa shape index (κ3) is 4.70. The van der Waals surface area contributed by atoms with E-state index in [1.807, 2.05) is 18.0 Å². The van der Waals surface area contributed by atoms with Crippen LogP contribution in [0.1, 0.15) is 0 Å². The number of likely N-dealkylation sites (N-methyl/N-ethyl adjacent to an activating group) is 1. The summed E-state index contributed by atoms with van der Waals surface area (Å²) < 4.78 is 5.72. The molecule has 1 aromatic rings. The largest absolute Gasteiger partial charge is 0.383 e. The number of rotatable bonds is 6. The van der Waals surface area contributed by atoms with Gasteiger partial charge in [0.05, 0.1) is 23.3 Å². The maximum atomic E-state index is 11.6. The van der Waals surface area contributed by atoms with Crippen molar-refractivity contribution in [3.8, 4) is 0 Å². The van der Waals surface area contributed by atoms with Crippen molar-refractivity contribution in [3.63, 3.8) is 0 Å². The van der Waals surface area contributed by atoms with Gasteiger partial charge in [-0.1, -0.05) is 0 Å². The third-order valence-corrected chi connectivity index (χ3v) is 2.78. The molecule has 0 atom stereocenters. The topological polar surface area (TPSA) is 54.5 Å². The highest BCUT2D eigenvalue weighted by atomic mass is 79.9. The predicted octanol–water partition coefficient (Wildman–Crippen LogP) is 1.04. The Morgan fingerprint density at radius 2 is 2.41 bits per heavy atom. The van der Waals surface area contributed by atoms with Gasteiger partial charge < -0.3 is 15.0 Å². The van der Waals surface area contributed by atoms with Crippen LogP contribution in [0.5, 0.6) is 0 Å². The first kappa shape index (κ1) is 13.9. The second-order valence-corrected chi connectivity index (χ2v) is 4.38. The van der Waals surface area contributed by atoms with Crippen LogP contribution in [0.2, 0.25) is 0 Å². The van der Waals surface area contributed by atoms with Crippen molar-refractivity contribution in [2.45, 2.75) is 0 Å². The van der Waals surface area contributed by atoms with Crippen LogP contribution in [0.15, 0.2) is 22.9 Å². The summed E-state index contributed by atoms with van der Waals surface area (Å²) >= 11 is 3.39. The van der Waals surface area contributed by atoms with Gasteiger partial charge >= 0.3 is 0 Å². The number of carbonyl (C=O) groups is 1. The summed E-state index contributed by atoms with van der Waals surface area (Å²) in [6.07, 6.45) is 3.40. The van der Waals surface area contributed by atoms with Crippen LogP contribution in [0.4, 0.5) is 5.69 Å². The number of hydrogen-bond donors (Lipinski definition) is 1. The first-order valence-corrected chi connectivity index (χ1v) is 6.00. The van der Waals surface area contributed by atoms with Gasteiger partial charge in [0.2, 0.25) is 5.91 Å². The van der Waals surface area contributed by atoms with Gasteiger partial charge in [0.1, 0.15) is 0 Å². The van der Waals surface area contributed by atoms with Crippen molar-refractivity contribution < 1.29 is 9.53 Å². The number of amides is 1. The standard InChI is InChI=1S/C11H16BrN3O2/c1-15(8-11(16)14-5-6-17-2)10-3-4-13-7-9(10)12/h3-4,7H,5-6,8H2,1-2H3,(H,14,16). The number of nitrogens with zero attached hydrogens (tertiary/aromatic N) is 2. The van der Waals surface area contributed by atoms with Gasteiger partial charge in [0, 0.05) is 33.1 Å². The minimum absolute atomic E-state index is 0.0340. The Bertz CT molecular complexity index is 373. The van der Waals surface area contributed by atoms with Gasteiger partial charge in [-0.2, -0.15) is 0 Å². The molecule has 0 saturated carbocycles. The van der Waals surface area contributed by atoms with E-state index < -0.39 is 0 Å². The van der Waals surface area contributed by atoms with Gasteiger partial charge in [-0.05, 0) is 22.0 Å². The van der Waals surface area contributed by atoms with E-state index in [2.05, 4.69) is 26.2 Å². The van der Waals surface area contributed by atoms with E-state index >= 15 is 0 Å². The molecule has 0 saturated heterocycles. The molecule has 0 unspecified atom stereocenters. The summed E-state index contributed by atoms with van der Waals surface area (Å²) in [5, 5.41) is 2.77. The molecule has 1 aromatic heterocycles. The lowest BCUT2D eigenvalue weighted by molar-refractivity contribution is -0.119. The zero-order valence-corrected chi connectivity index (χ0v) is 11.5. The van der Waals surface area contributed by atoms with Gasteiger partial charge in [0.25, 0.3) is 0 Å². The smallest absolute Gasteiger partial charge is 0.239 e. The molecule has 0 bridgehead atoms. The van der Waals surface area contributed by atoms with Gasteiger partial charge in [-0.15, -0.1) is 0 Å². The average Bonchev–Trinajstić information content (AvgIpc) is 2.29. The summed E-state index contributed by atoms with van der Waals surface area (Å²) in [4.78, 5) is 17.4. The quantitative estimate of drug-likeness (QED) is 0.798. The molecule has 1 heterocycles. The minimum Gasteiger partial charge on any atom is -0.383 e. The molecule has 0 fully saturated rings. The van der Waals surface area contributed by atoms with Crippen molar-refractivity contribution in [1.29, 1.82) is 0 Å². The number of halogens is 1. The molecule has 1 amide bonds. The molecule has 0 aliphatic rings. The number of carbonyl (C=O) groups excluding carboxylic acids is 1. The van der Waals surface area contributed by atoms with Crippen molar-refractivity contribution >= 4 is 27.5 Å². The van der Waals surface area contributed by atoms with Crippen LogP contribution in [0, 0.1) is 0 Å². The summed E-state index contributed by atoms with van der Waals surface area (Å²) in [7, 11) is 3.46. The Morgan fingerprint density at radius 3 is 3.06 bits per heavy atom. The fourth-order valence-electron chi connectivity index (χ4n) is 1.33. The third-order valence-electron chi connectivity index (χ3n) is 2.17. The van der Waals surface area contributed by atoms with E-state index in [4.69, 9.17) is 4.74 Å². The summed E-state index contributed by atoms with van der Waals surface area (Å²) in [5.74, 6) is -0.0340. The van der Waals surface area contributed by atoms with Crippen LogP contribution in [-0.4, -0.2) is 44.7 Å². The van der Waals surface area contributed by atoms with Crippen molar-refractivity contribution in [2.24, 2.45) is 0 Å². The number of methoxy groups -OCH3 is 1. The zero-order chi connectivity index (χ0) is 12.7. The lowest BCUT2D eigenvalue weighted by atomic mass is 10.3. The Kier molecular flexibility index (Phi) is 5.93. The van der Waals surface area contributed by atoms with E-state index in [9.17, 15) is 4.79 Å². The van der Waals surface area contributed by atoms with Crippen LogP contribution in [-0.2, 0) is 9.53 Å². The van der Waals surface area contributed by atoms with Crippen molar-refractivity contribution in [2.75, 3.05) is 38.8 Å². The van der Waals surface area contributed by atoms with Crippen LogP contribution >= 0.6 is 15.9 Å². The molecule has 1 rings (SSSR count). The van der Waals surface area contributed by atoms with Gasteiger partial charge in [-0.3, -0.25) is 9.78 Å². The Balaban J connectivity index is 2.46. The van der Waals surface area contributed by atoms with Gasteiger partial charge in [0.15, 0.2) is 0 Å². The van der Waals surface area contributed by atoms with E-state index in [1.54, 1.807) is 19.5 Å². The molecule has 5 nitrogen and oxygen atoms in total. The molecule has 0 spiro atoms. The second-order valence-electron chi connectivity index (χ2n) is 3.53. The number of nitrogens with one attached hydrogen (secondary N) is 1. The highest BCUT2D eigenvalue weighted by molar-refractivity contribution is 9.10. The number of aromatic nitrogens is 1. The van der Waals surface area contributed by atoms with E-state index in [0.29, 0.717) is 19.7 Å². The van der Waals surface area contributed by atoms with Gasteiger partial charge in [-0.25, -0.2) is 0 Å². The molecule has 0 aliphatic heterocycles. The first-order chi connectivity index (χ1) is 8.15. The first-order valence-electron chi connectivity index (χ1n) is 5.21. The summed E-state index contributed by atoms with van der Waals surface area (Å²) in [6, 6.07) is 1.85. The lowest BCUT2D eigenvalue weighted by Crippen LogP contribution is -2.36. The molecule has 0 aliphatic carbocycles. The predicted molar refractivity (Wildman–Crippen MR) is 70.1 cm³/mol. The monoisotopic (exact) mass is 301 g/mol. The zero-order valence-electron chi connectivity index (χ0n) is 9.94. The maximum absolute atomic E-state index is 11.6. The van der Waals surface area contributed by atoms with Crippen LogP contribution in [0.3, 0.4) is 0 Å². The summed E-state index contributed by atoms with van der Waals surface area (Å²) in [6.45, 7) is 1.35. The maximum Gasteiger partial charge on any atom is 0.239 e. The SMILES string of the molecule is COCCNC(=O)CN(C)c1ccncc1Br. The number of pyridine rings is 1. The van der Waals surface area contributed by atoms with E-state index in [1.165, 1.54) is 0 Å². The fourth-order valence-corrected chi connectivity index (χ4v) is 1.88. The molecule has 0 aromatic carbocycles. The Labute approximate surface area is 109 Å². The minimum atomic E-state index is -0.0340. The highest BCUT2D eigenvalue weighted by Gasteiger charge is 2.09. The van der Waals surface area contributed by atoms with Crippen molar-refractivity contribution in [3.05, 3.63) is 22.9 Å².